The Labute approximate surface area is 154 Å². The highest BCUT2D eigenvalue weighted by atomic mass is 19.4. The van der Waals surface area contributed by atoms with Crippen LogP contribution in [0.5, 0.6) is 11.5 Å². The van der Waals surface area contributed by atoms with Gasteiger partial charge in [0.25, 0.3) is 0 Å². The van der Waals surface area contributed by atoms with Crippen molar-refractivity contribution >= 4 is 5.78 Å². The normalized spacial score (nSPS) is 14.7. The standard InChI is InChI=1S/C20H20F3NO3/c21-20(22,23)17-16(27-11-13-6-4-12(10-24)5-7-13)9-8-15(19(17)26)18(25)14-2-1-3-14/h4-9,14,26H,1-3,10-11,24H2. The molecule has 4 nitrogen and oxygen atoms in total. The van der Waals surface area contributed by atoms with E-state index in [0.29, 0.717) is 24.9 Å². The van der Waals surface area contributed by atoms with Gasteiger partial charge in [0.05, 0.1) is 5.56 Å². The van der Waals surface area contributed by atoms with Crippen LogP contribution < -0.4 is 10.5 Å². The van der Waals surface area contributed by atoms with Crippen LogP contribution in [-0.4, -0.2) is 10.9 Å². The molecule has 0 unspecified atom stereocenters. The summed E-state index contributed by atoms with van der Waals surface area (Å²) in [5.74, 6) is -2.33. The molecule has 1 saturated carbocycles. The zero-order valence-corrected chi connectivity index (χ0v) is 14.6. The summed E-state index contributed by atoms with van der Waals surface area (Å²) in [6.45, 7) is 0.257. The maximum absolute atomic E-state index is 13.5. The van der Waals surface area contributed by atoms with Gasteiger partial charge in [-0.2, -0.15) is 13.2 Å². The van der Waals surface area contributed by atoms with E-state index in [4.69, 9.17) is 10.5 Å². The topological polar surface area (TPSA) is 72.5 Å². The Morgan fingerprint density at radius 3 is 2.26 bits per heavy atom. The molecule has 7 heteroatoms. The monoisotopic (exact) mass is 379 g/mol. The molecule has 1 fully saturated rings. The maximum atomic E-state index is 13.5. The van der Waals surface area contributed by atoms with Crippen molar-refractivity contribution in [3.63, 3.8) is 0 Å². The van der Waals surface area contributed by atoms with Gasteiger partial charge in [-0.05, 0) is 36.1 Å². The third kappa shape index (κ3) is 4.08. The first-order chi connectivity index (χ1) is 12.8. The van der Waals surface area contributed by atoms with Crippen LogP contribution in [-0.2, 0) is 19.3 Å². The van der Waals surface area contributed by atoms with Crippen LogP contribution in [0.2, 0.25) is 0 Å². The van der Waals surface area contributed by atoms with Crippen molar-refractivity contribution in [3.05, 3.63) is 58.7 Å². The van der Waals surface area contributed by atoms with Crippen LogP contribution in [0.15, 0.2) is 36.4 Å². The lowest BCUT2D eigenvalue weighted by molar-refractivity contribution is -0.140. The first-order valence-corrected chi connectivity index (χ1v) is 8.69. The van der Waals surface area contributed by atoms with E-state index in [1.54, 1.807) is 24.3 Å². The van der Waals surface area contributed by atoms with Gasteiger partial charge in [0.15, 0.2) is 5.78 Å². The first kappa shape index (κ1) is 19.2. The number of halogens is 3. The molecule has 0 atom stereocenters. The van der Waals surface area contributed by atoms with Gasteiger partial charge < -0.3 is 15.6 Å². The Hall–Kier alpha value is -2.54. The molecule has 0 amide bonds. The third-order valence-corrected chi connectivity index (χ3v) is 4.82. The Bertz CT molecular complexity index is 828. The first-order valence-electron chi connectivity index (χ1n) is 8.69. The van der Waals surface area contributed by atoms with E-state index < -0.39 is 29.0 Å². The van der Waals surface area contributed by atoms with Gasteiger partial charge in [-0.25, -0.2) is 0 Å². The number of rotatable bonds is 6. The summed E-state index contributed by atoms with van der Waals surface area (Å²) >= 11 is 0. The number of Topliss-reactive ketones (excluding diaryl/α,β-unsaturated/α-hetero) is 1. The molecule has 0 bridgehead atoms. The molecule has 1 aliphatic carbocycles. The lowest BCUT2D eigenvalue weighted by atomic mass is 9.79. The minimum atomic E-state index is -4.85. The van der Waals surface area contributed by atoms with E-state index >= 15 is 0 Å². The molecule has 144 valence electrons. The SMILES string of the molecule is NCc1ccc(COc2ccc(C(=O)C3CCC3)c(O)c2C(F)(F)F)cc1. The molecule has 0 radical (unpaired) electrons. The van der Waals surface area contributed by atoms with Crippen LogP contribution in [0.3, 0.4) is 0 Å². The number of carbonyl (C=O) groups excluding carboxylic acids is 1. The highest BCUT2D eigenvalue weighted by molar-refractivity contribution is 6.01. The number of hydrogen-bond donors (Lipinski definition) is 2. The molecule has 2 aromatic rings. The summed E-state index contributed by atoms with van der Waals surface area (Å²) < 4.78 is 45.8. The van der Waals surface area contributed by atoms with Crippen molar-refractivity contribution in [2.75, 3.05) is 0 Å². The molecule has 0 spiro atoms. The van der Waals surface area contributed by atoms with Crippen molar-refractivity contribution in [2.45, 2.75) is 38.6 Å². The van der Waals surface area contributed by atoms with Crippen molar-refractivity contribution in [3.8, 4) is 11.5 Å². The lowest BCUT2D eigenvalue weighted by Gasteiger charge is -2.25. The van der Waals surface area contributed by atoms with Gasteiger partial charge in [-0.15, -0.1) is 0 Å². The summed E-state index contributed by atoms with van der Waals surface area (Å²) in [5.41, 5.74) is 5.45. The summed E-state index contributed by atoms with van der Waals surface area (Å²) in [5, 5.41) is 10.2. The van der Waals surface area contributed by atoms with Crippen LogP contribution in [0.25, 0.3) is 0 Å². The minimum Gasteiger partial charge on any atom is -0.506 e. The Morgan fingerprint density at radius 1 is 1.11 bits per heavy atom. The third-order valence-electron chi connectivity index (χ3n) is 4.82. The van der Waals surface area contributed by atoms with Gasteiger partial charge in [0.1, 0.15) is 23.7 Å². The van der Waals surface area contributed by atoms with Crippen molar-refractivity contribution in [1.29, 1.82) is 0 Å². The maximum Gasteiger partial charge on any atom is 0.423 e. The second-order valence-electron chi connectivity index (χ2n) is 6.63. The number of phenols is 1. The molecule has 3 N–H and O–H groups in total. The Morgan fingerprint density at radius 2 is 1.74 bits per heavy atom. The molecule has 27 heavy (non-hydrogen) atoms. The van der Waals surface area contributed by atoms with E-state index in [2.05, 4.69) is 0 Å². The Kier molecular flexibility index (Phi) is 5.41. The fourth-order valence-electron chi connectivity index (χ4n) is 2.99. The number of ether oxygens (including phenoxy) is 1. The molecule has 3 rings (SSSR count). The lowest BCUT2D eigenvalue weighted by Crippen LogP contribution is -2.23. The van der Waals surface area contributed by atoms with Gasteiger partial charge in [0, 0.05) is 12.5 Å². The van der Waals surface area contributed by atoms with Crippen LogP contribution in [0.1, 0.15) is 46.3 Å². The fourth-order valence-corrected chi connectivity index (χ4v) is 2.99. The highest BCUT2D eigenvalue weighted by Crippen LogP contribution is 2.45. The number of nitrogens with two attached hydrogens (primary N) is 1. The smallest absolute Gasteiger partial charge is 0.423 e. The molecule has 2 aromatic carbocycles. The summed E-state index contributed by atoms with van der Waals surface area (Å²) in [4.78, 5) is 12.3. The van der Waals surface area contributed by atoms with E-state index in [9.17, 15) is 23.1 Å². The highest BCUT2D eigenvalue weighted by Gasteiger charge is 2.40. The van der Waals surface area contributed by atoms with E-state index in [-0.39, 0.29) is 18.1 Å². The van der Waals surface area contributed by atoms with Gasteiger partial charge in [-0.3, -0.25) is 4.79 Å². The molecule has 0 aromatic heterocycles. The quantitative estimate of drug-likeness (QED) is 0.729. The summed E-state index contributed by atoms with van der Waals surface area (Å²) in [6.07, 6.45) is -2.71. The van der Waals surface area contributed by atoms with E-state index in [1.807, 2.05) is 0 Å². The number of hydrogen-bond acceptors (Lipinski definition) is 4. The molecule has 0 heterocycles. The molecule has 0 saturated heterocycles. The van der Waals surface area contributed by atoms with Crippen LogP contribution in [0, 0.1) is 5.92 Å². The predicted molar refractivity (Wildman–Crippen MR) is 93.4 cm³/mol. The fraction of sp³-hybridized carbons (Fsp3) is 0.350. The van der Waals surface area contributed by atoms with E-state index in [1.165, 1.54) is 6.07 Å². The molecule has 1 aliphatic rings. The largest absolute Gasteiger partial charge is 0.506 e. The van der Waals surface area contributed by atoms with Crippen molar-refractivity contribution < 1.29 is 27.8 Å². The number of benzene rings is 2. The van der Waals surface area contributed by atoms with Crippen LogP contribution in [0.4, 0.5) is 13.2 Å². The Balaban J connectivity index is 1.87. The number of ketones is 1. The van der Waals surface area contributed by atoms with Gasteiger partial charge >= 0.3 is 6.18 Å². The summed E-state index contributed by atoms with van der Waals surface area (Å²) in [7, 11) is 0. The van der Waals surface area contributed by atoms with E-state index in [0.717, 1.165) is 18.1 Å². The van der Waals surface area contributed by atoms with Gasteiger partial charge in [0.2, 0.25) is 0 Å². The van der Waals surface area contributed by atoms with Crippen molar-refractivity contribution in [1.82, 2.24) is 0 Å². The van der Waals surface area contributed by atoms with Crippen LogP contribution >= 0.6 is 0 Å². The number of phenolic OH excluding ortho intramolecular Hbond substituents is 1. The van der Waals surface area contributed by atoms with Crippen molar-refractivity contribution in [2.24, 2.45) is 11.7 Å². The zero-order chi connectivity index (χ0) is 19.6. The minimum absolute atomic E-state index is 0.108. The molecular formula is C20H20F3NO3. The second-order valence-corrected chi connectivity index (χ2v) is 6.63. The van der Waals surface area contributed by atoms with Gasteiger partial charge in [-0.1, -0.05) is 30.7 Å². The predicted octanol–water partition coefficient (Wildman–Crippen LogP) is 4.43. The molecular weight excluding hydrogens is 359 g/mol. The average Bonchev–Trinajstić information content (AvgIpc) is 2.57. The molecule has 0 aliphatic heterocycles. The second kappa shape index (κ2) is 7.60. The summed E-state index contributed by atoms with van der Waals surface area (Å²) in [6, 6.07) is 9.26. The number of aromatic hydroxyl groups is 1. The number of alkyl halides is 3. The number of carbonyl (C=O) groups is 1. The zero-order valence-electron chi connectivity index (χ0n) is 14.6. The average molecular weight is 379 g/mol.